The van der Waals surface area contributed by atoms with E-state index >= 15 is 0 Å². The molecule has 0 saturated carbocycles. The van der Waals surface area contributed by atoms with Gasteiger partial charge in [0.25, 0.3) is 5.91 Å². The monoisotopic (exact) mass is 356 g/mol. The summed E-state index contributed by atoms with van der Waals surface area (Å²) in [5.41, 5.74) is 7.68. The van der Waals surface area contributed by atoms with Gasteiger partial charge >= 0.3 is 0 Å². The van der Waals surface area contributed by atoms with Gasteiger partial charge < -0.3 is 10.6 Å². The molecule has 1 aromatic heterocycles. The third-order valence-corrected chi connectivity index (χ3v) is 3.76. The SMILES string of the molecule is CN(CC(C)(C)CN)C(=O)c1cc(-c2ccc(Cl)cc2)n[nH]1.Cl. The molecule has 0 spiro atoms. The molecule has 0 aliphatic heterocycles. The smallest absolute Gasteiger partial charge is 0.271 e. The van der Waals surface area contributed by atoms with E-state index in [4.69, 9.17) is 17.3 Å². The summed E-state index contributed by atoms with van der Waals surface area (Å²) in [6.07, 6.45) is 0. The van der Waals surface area contributed by atoms with E-state index in [2.05, 4.69) is 10.2 Å². The molecule has 0 radical (unpaired) electrons. The molecule has 126 valence electrons. The summed E-state index contributed by atoms with van der Waals surface area (Å²) in [6.45, 7) is 5.16. The largest absolute Gasteiger partial charge is 0.340 e. The molecule has 0 unspecified atom stereocenters. The topological polar surface area (TPSA) is 75.0 Å². The minimum Gasteiger partial charge on any atom is -0.340 e. The van der Waals surface area contributed by atoms with E-state index in [9.17, 15) is 4.79 Å². The Hall–Kier alpha value is -1.56. The predicted octanol–water partition coefficient (Wildman–Crippen LogP) is 3.21. The van der Waals surface area contributed by atoms with Gasteiger partial charge in [-0.25, -0.2) is 0 Å². The van der Waals surface area contributed by atoms with E-state index in [1.54, 1.807) is 30.1 Å². The molecule has 0 saturated heterocycles. The number of benzene rings is 1. The molecule has 0 atom stereocenters. The first-order valence-corrected chi connectivity index (χ1v) is 7.47. The molecular weight excluding hydrogens is 335 g/mol. The number of amides is 1. The number of nitrogens with zero attached hydrogens (tertiary/aromatic N) is 2. The molecular formula is C16H22Cl2N4O. The van der Waals surface area contributed by atoms with Crippen LogP contribution in [0.1, 0.15) is 24.3 Å². The van der Waals surface area contributed by atoms with Gasteiger partial charge in [-0.2, -0.15) is 5.10 Å². The standard InChI is InChI=1S/C16H21ClN4O.ClH/c1-16(2,9-18)10-21(3)15(22)14-8-13(19-20-14)11-4-6-12(17)7-5-11;/h4-8H,9-10,18H2,1-3H3,(H,19,20);1H. The Morgan fingerprint density at radius 1 is 1.35 bits per heavy atom. The van der Waals surface area contributed by atoms with Crippen LogP contribution in [0.4, 0.5) is 0 Å². The first-order valence-electron chi connectivity index (χ1n) is 7.09. The fraction of sp³-hybridized carbons (Fsp3) is 0.375. The Bertz CT molecular complexity index is 652. The van der Waals surface area contributed by atoms with Crippen LogP contribution in [-0.4, -0.2) is 41.1 Å². The van der Waals surface area contributed by atoms with Gasteiger partial charge in [0, 0.05) is 24.2 Å². The minimum absolute atomic E-state index is 0. The third-order valence-electron chi connectivity index (χ3n) is 3.51. The number of rotatable bonds is 5. The highest BCUT2D eigenvalue weighted by Crippen LogP contribution is 2.21. The molecule has 0 bridgehead atoms. The van der Waals surface area contributed by atoms with Crippen LogP contribution in [-0.2, 0) is 0 Å². The van der Waals surface area contributed by atoms with Crippen molar-refractivity contribution in [1.29, 1.82) is 0 Å². The molecule has 2 aromatic rings. The van der Waals surface area contributed by atoms with E-state index in [0.717, 1.165) is 5.56 Å². The van der Waals surface area contributed by atoms with Gasteiger partial charge in [0.1, 0.15) is 5.69 Å². The van der Waals surface area contributed by atoms with E-state index in [-0.39, 0.29) is 23.7 Å². The number of carbonyl (C=O) groups excluding carboxylic acids is 1. The summed E-state index contributed by atoms with van der Waals surface area (Å²) < 4.78 is 0. The van der Waals surface area contributed by atoms with Crippen molar-refractivity contribution >= 4 is 29.9 Å². The quantitative estimate of drug-likeness (QED) is 0.863. The Morgan fingerprint density at radius 2 is 1.96 bits per heavy atom. The van der Waals surface area contributed by atoms with Gasteiger partial charge in [0.2, 0.25) is 0 Å². The average molecular weight is 357 g/mol. The summed E-state index contributed by atoms with van der Waals surface area (Å²) in [5, 5.41) is 7.66. The van der Waals surface area contributed by atoms with Crippen molar-refractivity contribution in [3.05, 3.63) is 41.0 Å². The van der Waals surface area contributed by atoms with Gasteiger partial charge in [-0.1, -0.05) is 37.6 Å². The molecule has 0 fully saturated rings. The minimum atomic E-state index is -0.122. The molecule has 1 amide bonds. The summed E-state index contributed by atoms with van der Waals surface area (Å²) >= 11 is 5.87. The normalized spacial score (nSPS) is 11.0. The highest BCUT2D eigenvalue weighted by molar-refractivity contribution is 6.30. The second kappa shape index (κ2) is 7.81. The van der Waals surface area contributed by atoms with Crippen LogP contribution in [0.15, 0.2) is 30.3 Å². The summed E-state index contributed by atoms with van der Waals surface area (Å²) in [4.78, 5) is 14.1. The lowest BCUT2D eigenvalue weighted by atomic mass is 9.93. The van der Waals surface area contributed by atoms with Crippen molar-refractivity contribution < 1.29 is 4.79 Å². The third kappa shape index (κ3) is 4.96. The van der Waals surface area contributed by atoms with Crippen LogP contribution < -0.4 is 5.73 Å². The molecule has 0 aliphatic carbocycles. The summed E-state index contributed by atoms with van der Waals surface area (Å²) in [7, 11) is 1.77. The zero-order valence-electron chi connectivity index (χ0n) is 13.5. The Morgan fingerprint density at radius 3 is 2.52 bits per heavy atom. The molecule has 1 heterocycles. The highest BCUT2D eigenvalue weighted by atomic mass is 35.5. The van der Waals surface area contributed by atoms with Crippen LogP contribution in [0.25, 0.3) is 11.3 Å². The van der Waals surface area contributed by atoms with Crippen LogP contribution in [0.3, 0.4) is 0 Å². The van der Waals surface area contributed by atoms with Gasteiger partial charge in [0.15, 0.2) is 0 Å². The Kier molecular flexibility index (Phi) is 6.62. The zero-order valence-corrected chi connectivity index (χ0v) is 15.0. The Balaban J connectivity index is 0.00000264. The van der Waals surface area contributed by atoms with E-state index in [1.165, 1.54) is 0 Å². The van der Waals surface area contributed by atoms with Crippen LogP contribution in [0.2, 0.25) is 5.02 Å². The lowest BCUT2D eigenvalue weighted by molar-refractivity contribution is 0.0734. The zero-order chi connectivity index (χ0) is 16.3. The lowest BCUT2D eigenvalue weighted by Gasteiger charge is -2.28. The van der Waals surface area contributed by atoms with Gasteiger partial charge in [-0.05, 0) is 30.2 Å². The van der Waals surface area contributed by atoms with Crippen molar-refractivity contribution in [2.45, 2.75) is 13.8 Å². The number of aromatic nitrogens is 2. The van der Waals surface area contributed by atoms with E-state index < -0.39 is 0 Å². The lowest BCUT2D eigenvalue weighted by Crippen LogP contribution is -2.39. The number of hydrogen-bond donors (Lipinski definition) is 2. The molecule has 5 nitrogen and oxygen atoms in total. The number of carbonyl (C=O) groups is 1. The highest BCUT2D eigenvalue weighted by Gasteiger charge is 2.23. The molecule has 0 aliphatic rings. The first-order chi connectivity index (χ1) is 10.3. The van der Waals surface area contributed by atoms with Crippen LogP contribution in [0, 0.1) is 5.41 Å². The maximum Gasteiger partial charge on any atom is 0.271 e. The van der Waals surface area contributed by atoms with Crippen molar-refractivity contribution in [1.82, 2.24) is 15.1 Å². The van der Waals surface area contributed by atoms with Crippen LogP contribution >= 0.6 is 24.0 Å². The first kappa shape index (κ1) is 19.5. The average Bonchev–Trinajstić information content (AvgIpc) is 2.96. The Labute approximate surface area is 147 Å². The fourth-order valence-electron chi connectivity index (χ4n) is 2.18. The molecule has 7 heteroatoms. The second-order valence-electron chi connectivity index (χ2n) is 6.20. The van der Waals surface area contributed by atoms with Gasteiger partial charge in [0.05, 0.1) is 5.69 Å². The number of halogens is 2. The maximum atomic E-state index is 12.4. The van der Waals surface area contributed by atoms with Crippen LogP contribution in [0.5, 0.6) is 0 Å². The molecule has 2 rings (SSSR count). The predicted molar refractivity (Wildman–Crippen MR) is 96.1 cm³/mol. The second-order valence-corrected chi connectivity index (χ2v) is 6.64. The van der Waals surface area contributed by atoms with Gasteiger partial charge in [-0.15, -0.1) is 12.4 Å². The van der Waals surface area contributed by atoms with Crippen molar-refractivity contribution in [2.75, 3.05) is 20.1 Å². The molecule has 1 aromatic carbocycles. The van der Waals surface area contributed by atoms with Crippen molar-refractivity contribution in [3.8, 4) is 11.3 Å². The van der Waals surface area contributed by atoms with Gasteiger partial charge in [-0.3, -0.25) is 9.89 Å². The van der Waals surface area contributed by atoms with E-state index in [1.807, 2.05) is 26.0 Å². The van der Waals surface area contributed by atoms with Crippen molar-refractivity contribution in [2.24, 2.45) is 11.1 Å². The summed E-state index contributed by atoms with van der Waals surface area (Å²) in [5.74, 6) is -0.103. The number of hydrogen-bond acceptors (Lipinski definition) is 3. The molecule has 3 N–H and O–H groups in total. The number of aromatic amines is 1. The fourth-order valence-corrected chi connectivity index (χ4v) is 2.31. The summed E-state index contributed by atoms with van der Waals surface area (Å²) in [6, 6.07) is 9.07. The number of nitrogens with two attached hydrogens (primary N) is 1. The molecule has 23 heavy (non-hydrogen) atoms. The number of H-pyrrole nitrogens is 1. The van der Waals surface area contributed by atoms with Crippen molar-refractivity contribution in [3.63, 3.8) is 0 Å². The number of nitrogens with one attached hydrogen (secondary N) is 1. The maximum absolute atomic E-state index is 12.4. The van der Waals surface area contributed by atoms with E-state index in [0.29, 0.717) is 29.5 Å².